The molecule has 1 saturated heterocycles. The highest BCUT2D eigenvalue weighted by Gasteiger charge is 2.23. The van der Waals surface area contributed by atoms with Crippen LogP contribution in [0.1, 0.15) is 56.6 Å². The Balaban J connectivity index is 1.27. The second-order valence-electron chi connectivity index (χ2n) is 11.3. The summed E-state index contributed by atoms with van der Waals surface area (Å²) in [5, 5.41) is 23.4. The average molecular weight is 622 g/mol. The molecule has 4 heterocycles. The second-order valence-corrected chi connectivity index (χ2v) is 11.3. The Kier molecular flexibility index (Phi) is 11.4. The van der Waals surface area contributed by atoms with Gasteiger partial charge in [0.2, 0.25) is 5.95 Å². The number of ether oxygens (including phenoxy) is 1. The van der Waals surface area contributed by atoms with Gasteiger partial charge in [0.25, 0.3) is 5.82 Å². The van der Waals surface area contributed by atoms with Crippen LogP contribution in [0.15, 0.2) is 67.3 Å². The van der Waals surface area contributed by atoms with Crippen LogP contribution in [0.5, 0.6) is 0 Å². The number of carbonyl (C=O) groups excluding carboxylic acids is 1. The molecule has 0 spiro atoms. The van der Waals surface area contributed by atoms with E-state index in [0.29, 0.717) is 49.5 Å². The molecule has 0 aliphatic carbocycles. The number of amides is 2. The van der Waals surface area contributed by atoms with E-state index in [1.165, 1.54) is 0 Å². The number of benzene rings is 1. The number of pyridine rings is 1. The number of carbonyl (C=O) groups is 1. The summed E-state index contributed by atoms with van der Waals surface area (Å²) in [7, 11) is 1.88. The molecule has 2 amide bonds. The second kappa shape index (κ2) is 16.2. The molecule has 0 saturated carbocycles. The van der Waals surface area contributed by atoms with Gasteiger partial charge in [0, 0.05) is 43.6 Å². The topological polar surface area (TPSA) is 146 Å². The van der Waals surface area contributed by atoms with Crippen molar-refractivity contribution in [3.05, 3.63) is 78.4 Å². The van der Waals surface area contributed by atoms with Crippen molar-refractivity contribution in [1.29, 1.82) is 5.26 Å². The van der Waals surface area contributed by atoms with Gasteiger partial charge in [0.05, 0.1) is 37.3 Å². The maximum absolute atomic E-state index is 13.7. The van der Waals surface area contributed by atoms with Crippen molar-refractivity contribution < 1.29 is 14.1 Å². The van der Waals surface area contributed by atoms with Crippen molar-refractivity contribution >= 4 is 29.3 Å². The fraction of sp³-hybridized carbons (Fsp3) is 0.382. The Morgan fingerprint density at radius 1 is 1.09 bits per heavy atom. The van der Waals surface area contributed by atoms with Crippen molar-refractivity contribution in [2.75, 3.05) is 30.4 Å². The minimum absolute atomic E-state index is 0.135. The molecule has 3 aromatic heterocycles. The molecule has 1 aliphatic rings. The lowest BCUT2D eigenvalue weighted by atomic mass is 10.1. The molecule has 1 fully saturated rings. The zero-order valence-corrected chi connectivity index (χ0v) is 26.4. The van der Waals surface area contributed by atoms with Gasteiger partial charge in [-0.3, -0.25) is 10.00 Å². The summed E-state index contributed by atoms with van der Waals surface area (Å²) >= 11 is 0. The lowest BCUT2D eigenvalue weighted by molar-refractivity contribution is -0.342. The summed E-state index contributed by atoms with van der Waals surface area (Å²) < 4.78 is 8.93. The zero-order valence-electron chi connectivity index (χ0n) is 26.4. The number of rotatable bonds is 14. The number of anilines is 2. The van der Waals surface area contributed by atoms with Gasteiger partial charge < -0.3 is 15.4 Å². The molecular weight excluding hydrogens is 580 g/mol. The lowest BCUT2D eigenvalue weighted by Gasteiger charge is -2.14. The van der Waals surface area contributed by atoms with Crippen molar-refractivity contribution in [3.63, 3.8) is 0 Å². The number of unbranched alkanes of at least 4 members (excludes halogenated alkanes) is 1. The molecule has 4 aromatic rings. The highest BCUT2D eigenvalue weighted by molar-refractivity contribution is 5.86. The van der Waals surface area contributed by atoms with Crippen LogP contribution >= 0.6 is 0 Å². The molecule has 1 unspecified atom stereocenters. The summed E-state index contributed by atoms with van der Waals surface area (Å²) in [6.45, 7) is 4.48. The van der Waals surface area contributed by atoms with E-state index < -0.39 is 0 Å². The SMILES string of the molecule is CCC/C(CCCCNc1ncc(C#N)c(NC2CCOC2)n1)=[N+](\C(=O)NCc1ccccc1)c1ccc(-c2cnn(C)c2)cn1. The van der Waals surface area contributed by atoms with Crippen molar-refractivity contribution in [3.8, 4) is 17.2 Å². The van der Waals surface area contributed by atoms with E-state index in [9.17, 15) is 10.1 Å². The predicted octanol–water partition coefficient (Wildman–Crippen LogP) is 5.42. The fourth-order valence-corrected chi connectivity index (χ4v) is 5.31. The number of nitrogens with zero attached hydrogens (tertiary/aromatic N) is 7. The van der Waals surface area contributed by atoms with Crippen LogP contribution < -0.4 is 16.0 Å². The summed E-state index contributed by atoms with van der Waals surface area (Å²) in [6, 6.07) is 15.8. The van der Waals surface area contributed by atoms with Gasteiger partial charge >= 0.3 is 6.03 Å². The first-order valence-electron chi connectivity index (χ1n) is 15.8. The van der Waals surface area contributed by atoms with Gasteiger partial charge in [-0.05, 0) is 50.2 Å². The first kappa shape index (κ1) is 32.2. The highest BCUT2D eigenvalue weighted by atomic mass is 16.5. The van der Waals surface area contributed by atoms with Crippen molar-refractivity contribution in [2.45, 2.75) is 58.0 Å². The van der Waals surface area contributed by atoms with Gasteiger partial charge in [0.1, 0.15) is 23.6 Å². The molecule has 1 aliphatic heterocycles. The van der Waals surface area contributed by atoms with Crippen LogP contribution in [0.2, 0.25) is 0 Å². The predicted molar refractivity (Wildman–Crippen MR) is 177 cm³/mol. The number of aryl methyl sites for hydroxylation is 1. The normalized spacial score (nSPS) is 14.8. The Bertz CT molecular complexity index is 1660. The fourth-order valence-electron chi connectivity index (χ4n) is 5.31. The third-order valence-corrected chi connectivity index (χ3v) is 7.71. The third-order valence-electron chi connectivity index (χ3n) is 7.71. The average Bonchev–Trinajstić information content (AvgIpc) is 3.76. The Morgan fingerprint density at radius 2 is 1.96 bits per heavy atom. The van der Waals surface area contributed by atoms with Gasteiger partial charge in [-0.1, -0.05) is 37.3 Å². The Labute approximate surface area is 269 Å². The molecule has 0 radical (unpaired) electrons. The molecule has 46 heavy (non-hydrogen) atoms. The molecule has 1 atom stereocenters. The largest absolute Gasteiger partial charge is 0.441 e. The van der Waals surface area contributed by atoms with Gasteiger partial charge in [-0.25, -0.2) is 9.78 Å². The number of hydrogen-bond donors (Lipinski definition) is 3. The molecule has 1 aromatic carbocycles. The van der Waals surface area contributed by atoms with E-state index in [-0.39, 0.29) is 12.1 Å². The number of aromatic nitrogens is 5. The number of hydrogen-bond acceptors (Lipinski definition) is 9. The number of nitrogens with one attached hydrogen (secondary N) is 3. The molecule has 3 N–H and O–H groups in total. The first-order valence-corrected chi connectivity index (χ1v) is 15.8. The molecule has 12 heteroatoms. The quantitative estimate of drug-likeness (QED) is 0.0954. The number of urea groups is 1. The highest BCUT2D eigenvalue weighted by Crippen LogP contribution is 2.22. The van der Waals surface area contributed by atoms with Crippen LogP contribution in [0.4, 0.5) is 22.4 Å². The molecular formula is C34H41N10O2+. The smallest absolute Gasteiger partial charge is 0.379 e. The van der Waals surface area contributed by atoms with E-state index >= 15 is 0 Å². The summed E-state index contributed by atoms with van der Waals surface area (Å²) in [4.78, 5) is 27.3. The van der Waals surface area contributed by atoms with E-state index in [1.54, 1.807) is 27.8 Å². The van der Waals surface area contributed by atoms with Gasteiger partial charge in [-0.15, -0.1) is 4.98 Å². The van der Waals surface area contributed by atoms with Gasteiger partial charge in [-0.2, -0.15) is 19.9 Å². The maximum Gasteiger partial charge on any atom is 0.441 e. The Hall–Kier alpha value is -5.15. The Morgan fingerprint density at radius 3 is 2.65 bits per heavy atom. The lowest BCUT2D eigenvalue weighted by Crippen LogP contribution is -2.34. The summed E-state index contributed by atoms with van der Waals surface area (Å²) in [6.07, 6.45) is 12.0. The van der Waals surface area contributed by atoms with E-state index in [4.69, 9.17) is 9.72 Å². The minimum Gasteiger partial charge on any atom is -0.379 e. The van der Waals surface area contributed by atoms with Crippen LogP contribution in [-0.4, -0.2) is 66.9 Å². The zero-order chi connectivity index (χ0) is 32.1. The first-order chi connectivity index (χ1) is 22.5. The monoisotopic (exact) mass is 621 g/mol. The van der Waals surface area contributed by atoms with E-state index in [1.807, 2.05) is 55.7 Å². The van der Waals surface area contributed by atoms with E-state index in [2.05, 4.69) is 44.0 Å². The maximum atomic E-state index is 13.7. The molecule has 5 rings (SSSR count). The summed E-state index contributed by atoms with van der Waals surface area (Å²) in [5.74, 6) is 1.57. The molecule has 0 bridgehead atoms. The third kappa shape index (κ3) is 8.73. The van der Waals surface area contributed by atoms with Crippen LogP contribution in [-0.2, 0) is 18.3 Å². The molecule has 238 valence electrons. The summed E-state index contributed by atoms with van der Waals surface area (Å²) in [5.41, 5.74) is 4.34. The minimum atomic E-state index is -0.203. The van der Waals surface area contributed by atoms with Crippen LogP contribution in [0, 0.1) is 11.3 Å². The van der Waals surface area contributed by atoms with Gasteiger partial charge in [0.15, 0.2) is 0 Å². The standard InChI is InChI=1S/C34H40N10O2/c1-3-9-30(12-7-8-16-36-33-38-21-27(18-35)32(42-33)41-29-15-17-46-24-29)44(34(45)39-19-25-10-5-4-6-11-25)31-14-13-26(20-37-31)28-22-40-43(2)23-28/h4-6,10-11,13-14,20-23,29H,3,7-9,12,15-17,19,24H2,1-2H3,(H2-,36,38,39,41,42,45)/p+1/b44-30+. The molecule has 12 nitrogen and oxygen atoms in total. The van der Waals surface area contributed by atoms with Crippen LogP contribution in [0.25, 0.3) is 11.1 Å². The van der Waals surface area contributed by atoms with Crippen LogP contribution in [0.3, 0.4) is 0 Å². The van der Waals surface area contributed by atoms with E-state index in [0.717, 1.165) is 60.9 Å². The van der Waals surface area contributed by atoms with Crippen molar-refractivity contribution in [2.24, 2.45) is 7.05 Å². The van der Waals surface area contributed by atoms with Crippen molar-refractivity contribution in [1.82, 2.24) is 30.0 Å². The number of nitriles is 1.